The lowest BCUT2D eigenvalue weighted by atomic mass is 10.0. The van der Waals surface area contributed by atoms with Gasteiger partial charge in [0, 0.05) is 5.56 Å². The van der Waals surface area contributed by atoms with Crippen molar-refractivity contribution in [3.8, 4) is 11.8 Å². The number of nitriles is 1. The Kier molecular flexibility index (Phi) is 4.94. The number of primary amides is 1. The van der Waals surface area contributed by atoms with Crippen molar-refractivity contribution in [3.63, 3.8) is 0 Å². The van der Waals surface area contributed by atoms with Crippen molar-refractivity contribution in [2.45, 2.75) is 6.92 Å². The molecular weight excluding hydrogens is 276 g/mol. The molecule has 0 atom stereocenters. The first-order valence-corrected chi connectivity index (χ1v) is 6.79. The Morgan fingerprint density at radius 2 is 1.91 bits per heavy atom. The van der Waals surface area contributed by atoms with E-state index in [-0.39, 0.29) is 6.61 Å². The van der Waals surface area contributed by atoms with Crippen LogP contribution in [0.15, 0.2) is 48.5 Å². The minimum atomic E-state index is -0.544. The molecule has 0 spiro atoms. The van der Waals surface area contributed by atoms with Crippen LogP contribution in [0.25, 0.3) is 11.6 Å². The van der Waals surface area contributed by atoms with Crippen molar-refractivity contribution in [1.82, 2.24) is 0 Å². The summed E-state index contributed by atoms with van der Waals surface area (Å²) in [5, 5.41) is 9.39. The van der Waals surface area contributed by atoms with Crippen molar-refractivity contribution in [2.75, 3.05) is 6.61 Å². The number of allylic oxidation sites excluding steroid dienone is 1. The Balaban J connectivity index is 2.36. The van der Waals surface area contributed by atoms with Crippen LogP contribution in [0.3, 0.4) is 0 Å². The van der Waals surface area contributed by atoms with Crippen molar-refractivity contribution >= 4 is 17.6 Å². The molecule has 22 heavy (non-hydrogen) atoms. The standard InChI is InChI=1S/C18H16N2O2/c1-13-6-8-14(9-7-13)16(11-19)10-15-4-2-3-5-17(15)22-12-18(20)21/h2-10H,12H2,1H3,(H2,20,21)/b16-10+. The van der Waals surface area contributed by atoms with Gasteiger partial charge in [0.05, 0.1) is 11.6 Å². The minimum Gasteiger partial charge on any atom is -0.483 e. The van der Waals surface area contributed by atoms with Gasteiger partial charge in [-0.2, -0.15) is 5.26 Å². The third kappa shape index (κ3) is 3.97. The average molecular weight is 292 g/mol. The number of aryl methyl sites for hydroxylation is 1. The molecule has 0 heterocycles. The van der Waals surface area contributed by atoms with Gasteiger partial charge in [-0.1, -0.05) is 48.0 Å². The Morgan fingerprint density at radius 1 is 1.23 bits per heavy atom. The number of rotatable bonds is 5. The monoisotopic (exact) mass is 292 g/mol. The first-order valence-electron chi connectivity index (χ1n) is 6.79. The van der Waals surface area contributed by atoms with Crippen LogP contribution in [-0.2, 0) is 4.79 Å². The van der Waals surface area contributed by atoms with Crippen molar-refractivity contribution < 1.29 is 9.53 Å². The van der Waals surface area contributed by atoms with Gasteiger partial charge in [-0.05, 0) is 24.6 Å². The van der Waals surface area contributed by atoms with Crippen LogP contribution >= 0.6 is 0 Å². The van der Waals surface area contributed by atoms with Gasteiger partial charge < -0.3 is 10.5 Å². The Morgan fingerprint density at radius 3 is 2.55 bits per heavy atom. The lowest BCUT2D eigenvalue weighted by Gasteiger charge is -2.08. The number of nitrogens with zero attached hydrogens (tertiary/aromatic N) is 1. The second-order valence-electron chi connectivity index (χ2n) is 4.83. The molecule has 4 nitrogen and oxygen atoms in total. The summed E-state index contributed by atoms with van der Waals surface area (Å²) in [5.74, 6) is -0.0287. The maximum absolute atomic E-state index is 10.8. The van der Waals surface area contributed by atoms with E-state index in [1.165, 1.54) is 0 Å². The summed E-state index contributed by atoms with van der Waals surface area (Å²) in [4.78, 5) is 10.8. The Labute approximate surface area is 129 Å². The zero-order valence-electron chi connectivity index (χ0n) is 12.2. The fourth-order valence-electron chi connectivity index (χ4n) is 1.95. The zero-order chi connectivity index (χ0) is 15.9. The van der Waals surface area contributed by atoms with E-state index in [1.807, 2.05) is 43.3 Å². The predicted octanol–water partition coefficient (Wildman–Crippen LogP) is 2.92. The zero-order valence-corrected chi connectivity index (χ0v) is 12.2. The number of ether oxygens (including phenoxy) is 1. The number of carbonyl (C=O) groups excluding carboxylic acids is 1. The summed E-state index contributed by atoms with van der Waals surface area (Å²) in [7, 11) is 0. The number of hydrogen-bond acceptors (Lipinski definition) is 3. The highest BCUT2D eigenvalue weighted by Crippen LogP contribution is 2.24. The lowest BCUT2D eigenvalue weighted by molar-refractivity contribution is -0.119. The number of hydrogen-bond donors (Lipinski definition) is 1. The lowest BCUT2D eigenvalue weighted by Crippen LogP contribution is -2.20. The quantitative estimate of drug-likeness (QED) is 0.680. The molecule has 0 unspecified atom stereocenters. The third-order valence-corrected chi connectivity index (χ3v) is 3.07. The molecular formula is C18H16N2O2. The van der Waals surface area contributed by atoms with Crippen LogP contribution in [0.4, 0.5) is 0 Å². The van der Waals surface area contributed by atoms with Crippen LogP contribution in [0.2, 0.25) is 0 Å². The molecule has 0 aliphatic heterocycles. The molecule has 2 aromatic carbocycles. The van der Waals surface area contributed by atoms with E-state index in [0.717, 1.165) is 16.7 Å². The van der Waals surface area contributed by atoms with E-state index in [0.29, 0.717) is 11.3 Å². The van der Waals surface area contributed by atoms with Gasteiger partial charge >= 0.3 is 0 Å². The summed E-state index contributed by atoms with van der Waals surface area (Å²) in [6.07, 6.45) is 1.74. The van der Waals surface area contributed by atoms with E-state index in [2.05, 4.69) is 6.07 Å². The molecule has 0 aliphatic rings. The molecule has 110 valence electrons. The topological polar surface area (TPSA) is 76.1 Å². The molecule has 2 N–H and O–H groups in total. The molecule has 0 saturated heterocycles. The normalized spacial score (nSPS) is 10.8. The summed E-state index contributed by atoms with van der Waals surface area (Å²) in [6.45, 7) is 1.80. The highest BCUT2D eigenvalue weighted by Gasteiger charge is 2.06. The van der Waals surface area contributed by atoms with Gasteiger partial charge in [-0.25, -0.2) is 0 Å². The van der Waals surface area contributed by atoms with E-state index in [4.69, 9.17) is 10.5 Å². The molecule has 0 bridgehead atoms. The van der Waals surface area contributed by atoms with Crippen LogP contribution in [0.5, 0.6) is 5.75 Å². The highest BCUT2D eigenvalue weighted by atomic mass is 16.5. The van der Waals surface area contributed by atoms with Crippen LogP contribution in [0, 0.1) is 18.3 Å². The van der Waals surface area contributed by atoms with Crippen LogP contribution in [0.1, 0.15) is 16.7 Å². The summed E-state index contributed by atoms with van der Waals surface area (Å²) >= 11 is 0. The van der Waals surface area contributed by atoms with Gasteiger partial charge in [0.1, 0.15) is 5.75 Å². The number of nitrogens with two attached hydrogens (primary N) is 1. The molecule has 2 aromatic rings. The van der Waals surface area contributed by atoms with Gasteiger partial charge in [-0.15, -0.1) is 0 Å². The van der Waals surface area contributed by atoms with E-state index >= 15 is 0 Å². The van der Waals surface area contributed by atoms with Crippen LogP contribution in [-0.4, -0.2) is 12.5 Å². The Hall–Kier alpha value is -3.06. The highest BCUT2D eigenvalue weighted by molar-refractivity contribution is 5.90. The number of carbonyl (C=O) groups is 1. The van der Waals surface area contributed by atoms with Crippen molar-refractivity contribution in [3.05, 3.63) is 65.2 Å². The number of para-hydroxylation sites is 1. The summed E-state index contributed by atoms with van der Waals surface area (Å²) < 4.78 is 5.37. The third-order valence-electron chi connectivity index (χ3n) is 3.07. The molecule has 4 heteroatoms. The molecule has 0 aliphatic carbocycles. The average Bonchev–Trinajstić information content (AvgIpc) is 2.52. The fraction of sp³-hybridized carbons (Fsp3) is 0.111. The largest absolute Gasteiger partial charge is 0.483 e. The molecule has 1 amide bonds. The second-order valence-corrected chi connectivity index (χ2v) is 4.83. The van der Waals surface area contributed by atoms with E-state index in [1.54, 1.807) is 18.2 Å². The molecule has 0 radical (unpaired) electrons. The van der Waals surface area contributed by atoms with Crippen molar-refractivity contribution in [2.24, 2.45) is 5.73 Å². The second kappa shape index (κ2) is 7.09. The van der Waals surface area contributed by atoms with Gasteiger partial charge in [0.2, 0.25) is 0 Å². The molecule has 0 aromatic heterocycles. The molecule has 2 rings (SSSR count). The number of benzene rings is 2. The molecule has 0 fully saturated rings. The summed E-state index contributed by atoms with van der Waals surface area (Å²) in [5.41, 5.74) is 8.30. The van der Waals surface area contributed by atoms with Crippen LogP contribution < -0.4 is 10.5 Å². The van der Waals surface area contributed by atoms with Crippen molar-refractivity contribution in [1.29, 1.82) is 5.26 Å². The predicted molar refractivity (Wildman–Crippen MR) is 85.8 cm³/mol. The number of amides is 1. The first kappa shape index (κ1) is 15.3. The SMILES string of the molecule is Cc1ccc(/C(C#N)=C/c2ccccc2OCC(N)=O)cc1. The maximum atomic E-state index is 10.8. The fourth-order valence-corrected chi connectivity index (χ4v) is 1.95. The van der Waals surface area contributed by atoms with E-state index < -0.39 is 5.91 Å². The van der Waals surface area contributed by atoms with Gasteiger partial charge in [-0.3, -0.25) is 4.79 Å². The van der Waals surface area contributed by atoms with Gasteiger partial charge in [0.15, 0.2) is 6.61 Å². The first-order chi connectivity index (χ1) is 10.6. The Bertz CT molecular complexity index is 740. The molecule has 0 saturated carbocycles. The maximum Gasteiger partial charge on any atom is 0.255 e. The summed E-state index contributed by atoms with van der Waals surface area (Å²) in [6, 6.07) is 17.1. The van der Waals surface area contributed by atoms with E-state index in [9.17, 15) is 10.1 Å². The van der Waals surface area contributed by atoms with Gasteiger partial charge in [0.25, 0.3) is 5.91 Å². The minimum absolute atomic E-state index is 0.197. The smallest absolute Gasteiger partial charge is 0.255 e.